The third-order valence-electron chi connectivity index (χ3n) is 6.24. The summed E-state index contributed by atoms with van der Waals surface area (Å²) in [5, 5.41) is 4.32. The molecule has 1 fully saturated rings. The van der Waals surface area contributed by atoms with E-state index in [1.807, 2.05) is 0 Å². The van der Waals surface area contributed by atoms with Crippen LogP contribution in [0.5, 0.6) is 0 Å². The van der Waals surface area contributed by atoms with E-state index in [0.29, 0.717) is 43.6 Å². The van der Waals surface area contributed by atoms with Gasteiger partial charge in [-0.15, -0.1) is 0 Å². The van der Waals surface area contributed by atoms with Crippen molar-refractivity contribution in [2.24, 2.45) is 11.6 Å². The summed E-state index contributed by atoms with van der Waals surface area (Å²) in [4.78, 5) is 39.1. The average molecular weight is 493 g/mol. The highest BCUT2D eigenvalue weighted by atomic mass is 35.5. The number of halogens is 3. The second-order valence-corrected chi connectivity index (χ2v) is 8.74. The molecule has 180 valence electrons. The molecule has 0 unspecified atom stereocenters. The predicted octanol–water partition coefficient (Wildman–Crippen LogP) is 2.02. The summed E-state index contributed by atoms with van der Waals surface area (Å²) in [6.45, 7) is 2.00. The first-order chi connectivity index (χ1) is 16.1. The third-order valence-corrected chi connectivity index (χ3v) is 6.58. The van der Waals surface area contributed by atoms with Crippen LogP contribution in [0.25, 0.3) is 0 Å². The Hall–Kier alpha value is -3.44. The summed E-state index contributed by atoms with van der Waals surface area (Å²) >= 11 is 5.60. The predicted molar refractivity (Wildman–Crippen MR) is 121 cm³/mol. The van der Waals surface area contributed by atoms with Gasteiger partial charge < -0.3 is 26.4 Å². The third kappa shape index (κ3) is 3.90. The topological polar surface area (TPSA) is 144 Å². The number of nitrogens with zero attached hydrogens (tertiary/aromatic N) is 1. The number of hydrogen-bond donors (Lipinski definition) is 5. The number of ketones is 1. The van der Waals surface area contributed by atoms with Gasteiger partial charge in [0.25, 0.3) is 17.6 Å². The van der Waals surface area contributed by atoms with E-state index in [4.69, 9.17) is 23.2 Å². The second kappa shape index (κ2) is 8.73. The number of carbonyl (C=O) groups excluding carboxylic acids is 3. The molecule has 12 heteroatoms. The van der Waals surface area contributed by atoms with Crippen molar-refractivity contribution in [3.63, 3.8) is 0 Å². The number of nitrogens with one attached hydrogen (secondary N) is 3. The SMILES string of the molecule is Cc1c(C(=O)C(=O)NC2(/C(N)=C/NN)CC2)c2n(c1C(=O)Nc1ccc(F)c(Cl)c1F)CCC2. The molecule has 0 radical (unpaired) electrons. The first-order valence-corrected chi connectivity index (χ1v) is 10.9. The van der Waals surface area contributed by atoms with Crippen LogP contribution in [0, 0.1) is 18.6 Å². The molecule has 2 heterocycles. The van der Waals surface area contributed by atoms with Crippen LogP contribution in [-0.2, 0) is 17.8 Å². The van der Waals surface area contributed by atoms with E-state index in [-0.39, 0.29) is 22.5 Å². The van der Waals surface area contributed by atoms with E-state index in [1.165, 1.54) is 6.20 Å². The molecule has 1 aliphatic carbocycles. The van der Waals surface area contributed by atoms with Crippen molar-refractivity contribution in [3.05, 3.63) is 63.2 Å². The van der Waals surface area contributed by atoms with Crippen LogP contribution in [0.4, 0.5) is 14.5 Å². The average Bonchev–Trinajstić information content (AvgIpc) is 3.34. The molecule has 4 rings (SSSR count). The molecule has 0 saturated heterocycles. The summed E-state index contributed by atoms with van der Waals surface area (Å²) in [6, 6.07) is 1.99. The fourth-order valence-electron chi connectivity index (χ4n) is 4.34. The molecule has 34 heavy (non-hydrogen) atoms. The molecule has 0 atom stereocenters. The van der Waals surface area contributed by atoms with Crippen LogP contribution in [0.3, 0.4) is 0 Å². The number of Topliss-reactive ketones (excluding diaryl/α,β-unsaturated/α-hetero) is 1. The Morgan fingerprint density at radius 3 is 2.59 bits per heavy atom. The lowest BCUT2D eigenvalue weighted by Gasteiger charge is -2.17. The number of benzene rings is 1. The van der Waals surface area contributed by atoms with Gasteiger partial charge >= 0.3 is 0 Å². The lowest BCUT2D eigenvalue weighted by atomic mass is 10.0. The first-order valence-electron chi connectivity index (χ1n) is 10.6. The van der Waals surface area contributed by atoms with E-state index in [0.717, 1.165) is 12.1 Å². The van der Waals surface area contributed by atoms with E-state index in [2.05, 4.69) is 16.1 Å². The Balaban J connectivity index is 1.63. The van der Waals surface area contributed by atoms with Crippen molar-refractivity contribution < 1.29 is 23.2 Å². The zero-order valence-electron chi connectivity index (χ0n) is 18.2. The second-order valence-electron chi connectivity index (χ2n) is 8.36. The van der Waals surface area contributed by atoms with Crippen molar-refractivity contribution in [1.82, 2.24) is 15.3 Å². The van der Waals surface area contributed by atoms with Gasteiger partial charge in [-0.1, -0.05) is 11.6 Å². The van der Waals surface area contributed by atoms with Crippen molar-refractivity contribution in [2.45, 2.75) is 44.7 Å². The molecule has 2 aliphatic rings. The zero-order chi connectivity index (χ0) is 24.8. The van der Waals surface area contributed by atoms with Crippen LogP contribution in [0.2, 0.25) is 5.02 Å². The van der Waals surface area contributed by atoms with Gasteiger partial charge in [0.2, 0.25) is 0 Å². The molecule has 2 amide bonds. The lowest BCUT2D eigenvalue weighted by molar-refractivity contribution is -0.117. The number of nitrogens with two attached hydrogens (primary N) is 2. The highest BCUT2D eigenvalue weighted by Crippen LogP contribution is 2.40. The zero-order valence-corrected chi connectivity index (χ0v) is 19.0. The van der Waals surface area contributed by atoms with Gasteiger partial charge in [0, 0.05) is 18.4 Å². The Labute approximate surface area is 198 Å². The standard InChI is InChI=1S/C22H23ClF2N6O3/c1-10-15(19(32)21(34)30-22(6-7-22)14(26)9-28-27)13-3-2-8-31(13)18(10)20(33)29-12-5-4-11(24)16(23)17(12)25/h4-5,9,28H,2-3,6-8,26-27H2,1H3,(H,29,33)(H,30,34)/b14-9-. The maximum Gasteiger partial charge on any atom is 0.293 e. The molecular weight excluding hydrogens is 470 g/mol. The van der Waals surface area contributed by atoms with Crippen molar-refractivity contribution in [2.75, 3.05) is 5.32 Å². The molecule has 2 aromatic rings. The molecule has 1 saturated carbocycles. The Bertz CT molecular complexity index is 1250. The molecular formula is C22H23ClF2N6O3. The van der Waals surface area contributed by atoms with Crippen molar-refractivity contribution in [3.8, 4) is 0 Å². The van der Waals surface area contributed by atoms with E-state index in [9.17, 15) is 23.2 Å². The number of hydrazine groups is 1. The van der Waals surface area contributed by atoms with Crippen molar-refractivity contribution in [1.29, 1.82) is 0 Å². The normalized spacial score (nSPS) is 16.1. The quantitative estimate of drug-likeness (QED) is 0.131. The van der Waals surface area contributed by atoms with Gasteiger partial charge in [-0.3, -0.25) is 20.2 Å². The molecule has 0 spiro atoms. The van der Waals surface area contributed by atoms with Gasteiger partial charge in [-0.05, 0) is 50.3 Å². The highest BCUT2D eigenvalue weighted by molar-refractivity contribution is 6.44. The van der Waals surface area contributed by atoms with Crippen LogP contribution in [-0.4, -0.2) is 27.7 Å². The molecule has 1 aromatic heterocycles. The Morgan fingerprint density at radius 1 is 1.24 bits per heavy atom. The summed E-state index contributed by atoms with van der Waals surface area (Å²) in [5.74, 6) is 0.838. The van der Waals surface area contributed by atoms with Crippen LogP contribution in [0.15, 0.2) is 24.0 Å². The molecule has 9 nitrogen and oxygen atoms in total. The van der Waals surface area contributed by atoms with E-state index < -0.39 is 39.8 Å². The maximum absolute atomic E-state index is 14.3. The fourth-order valence-corrected chi connectivity index (χ4v) is 4.51. The van der Waals surface area contributed by atoms with Crippen LogP contribution < -0.4 is 27.6 Å². The number of carbonyl (C=O) groups is 3. The Morgan fingerprint density at radius 2 is 1.94 bits per heavy atom. The van der Waals surface area contributed by atoms with Gasteiger partial charge in [-0.25, -0.2) is 8.78 Å². The van der Waals surface area contributed by atoms with Crippen molar-refractivity contribution >= 4 is 34.9 Å². The van der Waals surface area contributed by atoms with E-state index >= 15 is 0 Å². The lowest BCUT2D eigenvalue weighted by Crippen LogP contribution is -2.45. The van der Waals surface area contributed by atoms with Gasteiger partial charge in [0.1, 0.15) is 16.5 Å². The number of hydrogen-bond acceptors (Lipinski definition) is 6. The van der Waals surface area contributed by atoms with Crippen LogP contribution >= 0.6 is 11.6 Å². The molecule has 0 bridgehead atoms. The smallest absolute Gasteiger partial charge is 0.293 e. The molecule has 1 aliphatic heterocycles. The monoisotopic (exact) mass is 492 g/mol. The minimum atomic E-state index is -1.11. The maximum atomic E-state index is 14.3. The highest BCUT2D eigenvalue weighted by Gasteiger charge is 2.48. The summed E-state index contributed by atoms with van der Waals surface area (Å²) in [5.41, 5.74) is 8.52. The summed E-state index contributed by atoms with van der Waals surface area (Å²) in [6.07, 6.45) is 3.62. The summed E-state index contributed by atoms with van der Waals surface area (Å²) < 4.78 is 29.4. The van der Waals surface area contributed by atoms with Crippen LogP contribution in [0.1, 0.15) is 51.4 Å². The Kier molecular flexibility index (Phi) is 6.09. The first kappa shape index (κ1) is 23.7. The largest absolute Gasteiger partial charge is 0.399 e. The fraction of sp³-hybridized carbons (Fsp3) is 0.318. The number of anilines is 1. The van der Waals surface area contributed by atoms with E-state index in [1.54, 1.807) is 11.5 Å². The summed E-state index contributed by atoms with van der Waals surface area (Å²) in [7, 11) is 0. The minimum Gasteiger partial charge on any atom is -0.399 e. The van der Waals surface area contributed by atoms with Gasteiger partial charge in [0.05, 0.1) is 22.5 Å². The number of amides is 2. The number of rotatable bonds is 7. The molecule has 7 N–H and O–H groups in total. The minimum absolute atomic E-state index is 0.122. The molecule has 1 aromatic carbocycles. The van der Waals surface area contributed by atoms with Gasteiger partial charge in [-0.2, -0.15) is 0 Å². The number of aromatic nitrogens is 1. The van der Waals surface area contributed by atoms with Gasteiger partial charge in [0.15, 0.2) is 5.82 Å². The number of fused-ring (bicyclic) bond motifs is 1.